The summed E-state index contributed by atoms with van der Waals surface area (Å²) in [5, 5.41) is 3.73. The summed E-state index contributed by atoms with van der Waals surface area (Å²) >= 11 is 0. The van der Waals surface area contributed by atoms with Crippen LogP contribution in [0.1, 0.15) is 111 Å². The van der Waals surface area contributed by atoms with E-state index in [9.17, 15) is 40.3 Å². The number of rotatable bonds is 11. The minimum absolute atomic E-state index is 0.0121. The van der Waals surface area contributed by atoms with Gasteiger partial charge in [0.1, 0.15) is 17.1 Å². The first kappa shape index (κ1) is 48.8. The fraction of sp³-hybridized carbons (Fsp3) is 0.340. The summed E-state index contributed by atoms with van der Waals surface area (Å²) < 4.78 is 93.3. The molecular weight excluding hydrogens is 901 g/mol. The lowest BCUT2D eigenvalue weighted by atomic mass is 9.92. The third-order valence-electron chi connectivity index (χ3n) is 11.5. The minimum Gasteiger partial charge on any atom is -0.364 e. The Morgan fingerprint density at radius 1 is 0.761 bits per heavy atom. The van der Waals surface area contributed by atoms with Crippen molar-refractivity contribution in [3.05, 3.63) is 147 Å². The van der Waals surface area contributed by atoms with Gasteiger partial charge in [0, 0.05) is 80.6 Å². The van der Waals surface area contributed by atoms with Crippen molar-refractivity contribution in [2.75, 3.05) is 13.1 Å². The number of fused-ring (bicyclic) bond motifs is 2. The minimum atomic E-state index is -4.54. The van der Waals surface area contributed by atoms with Crippen molar-refractivity contribution in [2.24, 2.45) is 11.5 Å². The highest BCUT2D eigenvalue weighted by molar-refractivity contribution is 7.17. The van der Waals surface area contributed by atoms with Crippen molar-refractivity contribution >= 4 is 21.1 Å². The first-order valence-electron chi connectivity index (χ1n) is 21.6. The second-order valence-electron chi connectivity index (χ2n) is 16.2. The van der Waals surface area contributed by atoms with Gasteiger partial charge in [-0.15, -0.1) is 0 Å². The molecule has 0 saturated heterocycles. The molecule has 1 unspecified atom stereocenters. The molecule has 3 aliphatic rings. The smallest absolute Gasteiger partial charge is 0.364 e. The molecule has 1 aliphatic carbocycles. The number of halogens is 7. The van der Waals surface area contributed by atoms with Crippen LogP contribution in [0, 0.1) is 0 Å². The van der Waals surface area contributed by atoms with E-state index in [0.29, 0.717) is 70.0 Å². The van der Waals surface area contributed by atoms with E-state index >= 15 is 0 Å². The fourth-order valence-electron chi connectivity index (χ4n) is 8.14. The Kier molecular flexibility index (Phi) is 14.8. The third-order valence-corrected chi connectivity index (χ3v) is 11.8. The van der Waals surface area contributed by atoms with E-state index in [1.165, 1.54) is 70.4 Å². The van der Waals surface area contributed by atoms with Gasteiger partial charge in [-0.1, -0.05) is 41.3 Å². The SMILES string of the molecule is CC.NC(=O)c1cc(-c2cccc(C(F)(F)P)c2)c2c(n1)CN(Cc1ccnc(C(F)(F)F)c1)CC2.NC(=O)c1cc(-c2cnn(C(F)F)c2)c2c(n1)CN(Cc1ccnc(C3CC3)c1)CC2. The maximum absolute atomic E-state index is 13.9. The molecule has 0 spiro atoms. The highest BCUT2D eigenvalue weighted by Crippen LogP contribution is 2.40. The van der Waals surface area contributed by atoms with Gasteiger partial charge in [0.25, 0.3) is 17.5 Å². The summed E-state index contributed by atoms with van der Waals surface area (Å²) in [6.45, 7) is 4.35. The largest absolute Gasteiger partial charge is 0.433 e. The first-order chi connectivity index (χ1) is 31.9. The third kappa shape index (κ3) is 11.9. The molecule has 1 aromatic carbocycles. The quantitative estimate of drug-likeness (QED) is 0.0954. The number of aromatic nitrogens is 6. The number of hydrogen-bond donors (Lipinski definition) is 2. The predicted molar refractivity (Wildman–Crippen MR) is 239 cm³/mol. The molecule has 7 heterocycles. The lowest BCUT2D eigenvalue weighted by Crippen LogP contribution is -2.32. The van der Waals surface area contributed by atoms with Crippen molar-refractivity contribution in [1.82, 2.24) is 39.5 Å². The summed E-state index contributed by atoms with van der Waals surface area (Å²) in [6.07, 6.45) is 4.68. The Bertz CT molecular complexity index is 2760. The molecule has 2 amide bonds. The summed E-state index contributed by atoms with van der Waals surface area (Å²) in [7, 11) is 1.50. The number of nitrogens with zero attached hydrogens (tertiary/aromatic N) is 8. The van der Waals surface area contributed by atoms with Crippen LogP contribution in [-0.4, -0.2) is 64.4 Å². The van der Waals surface area contributed by atoms with Gasteiger partial charge in [0.2, 0.25) is 0 Å². The monoisotopic (exact) mass is 948 g/mol. The summed E-state index contributed by atoms with van der Waals surface area (Å²) in [5.41, 5.74) is 14.9. The molecule has 4 N–H and O–H groups in total. The van der Waals surface area contributed by atoms with Gasteiger partial charge in [0.15, 0.2) is 0 Å². The summed E-state index contributed by atoms with van der Waals surface area (Å²) in [6, 6.07) is 15.6. The number of amides is 2. The van der Waals surface area contributed by atoms with Gasteiger partial charge in [-0.2, -0.15) is 35.8 Å². The Hall–Kier alpha value is -6.17. The molecule has 0 radical (unpaired) electrons. The Balaban J connectivity index is 0.000000192. The standard InChI is InChI=1S/C23H20F5N4OP.C22H22F2N6O.C2H6/c24-22(25,26)20-8-13(4-6-30-20)11-32-7-5-16-17(10-18(21(29)33)31-19(16)12-32)14-2-1-3-15(9-14)23(27,28)34;23-22(24)30-11-15(9-27-30)17-8-19(21(25)31)28-20-12-29(6-4-16(17)20)10-13-3-5-26-18(7-13)14-1-2-14;1-2/h1-4,6,8-10H,5,7,11-12,34H2,(H2,29,33);3,5,7-9,11,14,22H,1-2,4,6,10,12H2,(H2,25,31);1-2H3. The molecule has 5 aromatic heterocycles. The van der Waals surface area contributed by atoms with Crippen molar-refractivity contribution in [1.29, 1.82) is 0 Å². The van der Waals surface area contributed by atoms with Crippen LogP contribution in [0.5, 0.6) is 0 Å². The van der Waals surface area contributed by atoms with E-state index in [1.54, 1.807) is 12.1 Å². The van der Waals surface area contributed by atoms with E-state index in [-0.39, 0.29) is 30.0 Å². The van der Waals surface area contributed by atoms with Crippen LogP contribution in [0.4, 0.5) is 30.7 Å². The highest BCUT2D eigenvalue weighted by atomic mass is 31.0. The topological polar surface area (TPSA) is 162 Å². The molecular formula is C47H48F7N10O2P. The van der Waals surface area contributed by atoms with E-state index in [0.717, 1.165) is 47.9 Å². The average molecular weight is 949 g/mol. The maximum atomic E-state index is 13.9. The van der Waals surface area contributed by atoms with E-state index in [2.05, 4.69) is 36.0 Å². The summed E-state index contributed by atoms with van der Waals surface area (Å²) in [4.78, 5) is 44.6. The Labute approximate surface area is 384 Å². The number of hydrogen-bond acceptors (Lipinski definition) is 9. The van der Waals surface area contributed by atoms with Gasteiger partial charge in [-0.3, -0.25) is 29.4 Å². The number of primary amides is 2. The molecule has 352 valence electrons. The van der Waals surface area contributed by atoms with Crippen molar-refractivity contribution in [3.8, 4) is 22.3 Å². The molecule has 1 fully saturated rings. The van der Waals surface area contributed by atoms with Crippen LogP contribution >= 0.6 is 9.24 Å². The van der Waals surface area contributed by atoms with Gasteiger partial charge in [-0.25, -0.2) is 14.6 Å². The number of alkyl halides is 7. The van der Waals surface area contributed by atoms with Crippen LogP contribution < -0.4 is 11.5 Å². The maximum Gasteiger partial charge on any atom is 0.433 e. The van der Waals surface area contributed by atoms with Crippen molar-refractivity contribution in [3.63, 3.8) is 0 Å². The van der Waals surface area contributed by atoms with E-state index in [4.69, 9.17) is 11.5 Å². The summed E-state index contributed by atoms with van der Waals surface area (Å²) in [5.74, 6) is -0.818. The average Bonchev–Trinajstić information content (AvgIpc) is 4.04. The molecule has 1 atom stereocenters. The Morgan fingerprint density at radius 3 is 1.82 bits per heavy atom. The van der Waals surface area contributed by atoms with E-state index in [1.807, 2.05) is 31.0 Å². The number of benzene rings is 1. The van der Waals surface area contributed by atoms with Crippen LogP contribution in [0.25, 0.3) is 22.3 Å². The van der Waals surface area contributed by atoms with Crippen LogP contribution in [0.15, 0.2) is 85.5 Å². The highest BCUT2D eigenvalue weighted by Gasteiger charge is 2.33. The first-order valence-corrected chi connectivity index (χ1v) is 22.1. The molecule has 1 saturated carbocycles. The van der Waals surface area contributed by atoms with Gasteiger partial charge < -0.3 is 11.5 Å². The molecule has 12 nitrogen and oxygen atoms in total. The number of pyridine rings is 4. The normalized spacial score (nSPS) is 15.1. The van der Waals surface area contributed by atoms with Crippen molar-refractivity contribution < 1.29 is 40.3 Å². The van der Waals surface area contributed by atoms with Gasteiger partial charge >= 0.3 is 12.7 Å². The lowest BCUT2D eigenvalue weighted by Gasteiger charge is -2.30. The Morgan fingerprint density at radius 2 is 1.31 bits per heavy atom. The molecule has 67 heavy (non-hydrogen) atoms. The number of nitrogens with two attached hydrogens (primary N) is 2. The second-order valence-corrected chi connectivity index (χ2v) is 16.9. The fourth-order valence-corrected chi connectivity index (χ4v) is 8.32. The number of carbonyl (C=O) groups excluding carboxylic acids is 2. The molecule has 0 bridgehead atoms. The van der Waals surface area contributed by atoms with Crippen molar-refractivity contribution in [2.45, 2.75) is 90.0 Å². The zero-order valence-electron chi connectivity index (χ0n) is 36.6. The predicted octanol–water partition coefficient (Wildman–Crippen LogP) is 9.04. The van der Waals surface area contributed by atoms with Crippen LogP contribution in [0.3, 0.4) is 0 Å². The van der Waals surface area contributed by atoms with E-state index < -0.39 is 35.9 Å². The molecule has 6 aromatic rings. The van der Waals surface area contributed by atoms with Gasteiger partial charge in [-0.05, 0) is 107 Å². The van der Waals surface area contributed by atoms with Gasteiger partial charge in [0.05, 0.1) is 17.6 Å². The molecule has 20 heteroatoms. The van der Waals surface area contributed by atoms with Crippen LogP contribution in [-0.2, 0) is 50.9 Å². The number of carbonyl (C=O) groups is 2. The molecule has 2 aliphatic heterocycles. The second kappa shape index (κ2) is 20.4. The zero-order chi connectivity index (χ0) is 48.2. The zero-order valence-corrected chi connectivity index (χ0v) is 37.7. The van der Waals surface area contributed by atoms with Crippen LogP contribution in [0.2, 0.25) is 0 Å². The lowest BCUT2D eigenvalue weighted by molar-refractivity contribution is -0.141. The molecule has 9 rings (SSSR count).